The number of thioether (sulfide) groups is 1. The second-order valence-corrected chi connectivity index (χ2v) is 7.21. The fourth-order valence-electron chi connectivity index (χ4n) is 2.40. The number of anilines is 1. The van der Waals surface area contributed by atoms with E-state index in [1.54, 1.807) is 30.3 Å². The van der Waals surface area contributed by atoms with E-state index in [1.807, 2.05) is 5.38 Å². The molecule has 130 valence electrons. The quantitative estimate of drug-likeness (QED) is 0.362. The molecule has 0 atom stereocenters. The summed E-state index contributed by atoms with van der Waals surface area (Å²) in [5.41, 5.74) is 7.14. The fourth-order valence-corrected chi connectivity index (χ4v) is 3.80. The average molecular weight is 384 g/mol. The molecule has 4 aromatic rings. The molecular weight excluding hydrogens is 372 g/mol. The largest absolute Gasteiger partial charge is 0.398 e. The maximum absolute atomic E-state index is 12.3. The highest BCUT2D eigenvalue weighted by atomic mass is 32.2. The lowest BCUT2D eigenvalue weighted by atomic mass is 10.1. The highest BCUT2D eigenvalue weighted by molar-refractivity contribution is 7.98. The molecular formula is C16H12N6O2S2. The molecule has 3 heterocycles. The molecule has 0 spiro atoms. The molecule has 4 rings (SSSR count). The number of hydrogen-bond donors (Lipinski definition) is 3. The first kappa shape index (κ1) is 16.5. The van der Waals surface area contributed by atoms with E-state index in [9.17, 15) is 9.59 Å². The highest BCUT2D eigenvalue weighted by Crippen LogP contribution is 2.22. The first-order valence-corrected chi connectivity index (χ1v) is 9.39. The van der Waals surface area contributed by atoms with E-state index in [1.165, 1.54) is 23.1 Å². The van der Waals surface area contributed by atoms with Gasteiger partial charge in [-0.05, 0) is 17.5 Å². The van der Waals surface area contributed by atoms with Crippen molar-refractivity contribution in [1.29, 1.82) is 0 Å². The van der Waals surface area contributed by atoms with E-state index in [-0.39, 0.29) is 16.8 Å². The Hall–Kier alpha value is -2.98. The van der Waals surface area contributed by atoms with Gasteiger partial charge in [-0.25, -0.2) is 4.98 Å². The Morgan fingerprint density at radius 1 is 1.08 bits per heavy atom. The lowest BCUT2D eigenvalue weighted by Crippen LogP contribution is -2.15. The van der Waals surface area contributed by atoms with Crippen molar-refractivity contribution in [2.45, 2.75) is 10.9 Å². The highest BCUT2D eigenvalue weighted by Gasteiger charge is 2.11. The first-order chi connectivity index (χ1) is 12.6. The molecule has 10 heteroatoms. The summed E-state index contributed by atoms with van der Waals surface area (Å²) in [7, 11) is 0. The molecule has 0 bridgehead atoms. The summed E-state index contributed by atoms with van der Waals surface area (Å²) in [4.78, 5) is 34.1. The van der Waals surface area contributed by atoms with Crippen molar-refractivity contribution < 1.29 is 0 Å². The number of nitrogens with zero attached hydrogens (tertiary/aromatic N) is 3. The number of aromatic amines is 2. The van der Waals surface area contributed by atoms with Crippen LogP contribution in [-0.4, -0.2) is 25.1 Å². The standard InChI is InChI=1S/C16H12N6O2S2/c17-9-4-2-1-3-8(9)12-14(23)20-16(22-21-12)26-7-11-18-10-5-6-25-13(10)15(24)19-11/h1-6H,7,17H2,(H,18,19,24)(H,20,22,23). The maximum atomic E-state index is 12.3. The SMILES string of the molecule is Nc1ccccc1-c1nnc(SCc2nc3ccsc3c(=O)[nH]2)[nH]c1=O. The smallest absolute Gasteiger partial charge is 0.278 e. The number of fused-ring (bicyclic) bond motifs is 1. The Morgan fingerprint density at radius 3 is 2.73 bits per heavy atom. The second-order valence-electron chi connectivity index (χ2n) is 5.33. The number of nitrogens with one attached hydrogen (secondary N) is 2. The topological polar surface area (TPSA) is 130 Å². The van der Waals surface area contributed by atoms with Crippen LogP contribution in [0.25, 0.3) is 21.5 Å². The minimum atomic E-state index is -0.380. The van der Waals surface area contributed by atoms with Crippen LogP contribution in [0.4, 0.5) is 5.69 Å². The average Bonchev–Trinajstić information content (AvgIpc) is 3.10. The van der Waals surface area contributed by atoms with E-state index < -0.39 is 0 Å². The Balaban J connectivity index is 1.57. The van der Waals surface area contributed by atoms with Crippen molar-refractivity contribution >= 4 is 39.0 Å². The van der Waals surface area contributed by atoms with E-state index in [0.717, 1.165) is 0 Å². The molecule has 0 fully saturated rings. The van der Waals surface area contributed by atoms with Crippen molar-refractivity contribution in [1.82, 2.24) is 25.1 Å². The molecule has 4 N–H and O–H groups in total. The van der Waals surface area contributed by atoms with Gasteiger partial charge < -0.3 is 10.7 Å². The van der Waals surface area contributed by atoms with Crippen LogP contribution in [0.1, 0.15) is 5.82 Å². The summed E-state index contributed by atoms with van der Waals surface area (Å²) in [5, 5.41) is 10.2. The number of benzene rings is 1. The van der Waals surface area contributed by atoms with Crippen LogP contribution in [0.2, 0.25) is 0 Å². The zero-order chi connectivity index (χ0) is 18.1. The zero-order valence-corrected chi connectivity index (χ0v) is 14.9. The predicted molar refractivity (Wildman–Crippen MR) is 102 cm³/mol. The van der Waals surface area contributed by atoms with Crippen molar-refractivity contribution in [2.24, 2.45) is 0 Å². The minimum absolute atomic E-state index is 0.165. The molecule has 0 aliphatic rings. The number of H-pyrrole nitrogens is 2. The number of para-hydroxylation sites is 1. The van der Waals surface area contributed by atoms with Gasteiger partial charge in [-0.3, -0.25) is 14.6 Å². The molecule has 0 saturated carbocycles. The van der Waals surface area contributed by atoms with E-state index >= 15 is 0 Å². The third-order valence-corrected chi connectivity index (χ3v) is 5.38. The molecule has 0 unspecified atom stereocenters. The van der Waals surface area contributed by atoms with Crippen molar-refractivity contribution in [2.75, 3.05) is 5.73 Å². The number of rotatable bonds is 4. The van der Waals surface area contributed by atoms with Gasteiger partial charge in [-0.1, -0.05) is 30.0 Å². The molecule has 8 nitrogen and oxygen atoms in total. The Bertz CT molecular complexity index is 1210. The Labute approximate surface area is 154 Å². The third-order valence-electron chi connectivity index (χ3n) is 3.60. The van der Waals surface area contributed by atoms with E-state index in [2.05, 4.69) is 25.1 Å². The molecule has 0 amide bonds. The van der Waals surface area contributed by atoms with E-state index in [4.69, 9.17) is 5.73 Å². The summed E-state index contributed by atoms with van der Waals surface area (Å²) in [6, 6.07) is 8.76. The van der Waals surface area contributed by atoms with Crippen LogP contribution in [0.5, 0.6) is 0 Å². The van der Waals surface area contributed by atoms with Gasteiger partial charge in [0.1, 0.15) is 10.5 Å². The molecule has 0 aliphatic carbocycles. The summed E-state index contributed by atoms with van der Waals surface area (Å²) in [6.45, 7) is 0. The van der Waals surface area contributed by atoms with Crippen molar-refractivity contribution in [3.05, 3.63) is 62.2 Å². The van der Waals surface area contributed by atoms with Gasteiger partial charge in [0, 0.05) is 11.3 Å². The predicted octanol–water partition coefficient (Wildman–Crippen LogP) is 2.00. The number of aromatic nitrogens is 5. The Morgan fingerprint density at radius 2 is 1.92 bits per heavy atom. The van der Waals surface area contributed by atoms with Crippen LogP contribution in [0, 0.1) is 0 Å². The lowest BCUT2D eigenvalue weighted by molar-refractivity contribution is 0.823. The second kappa shape index (κ2) is 6.73. The summed E-state index contributed by atoms with van der Waals surface area (Å²) in [6.07, 6.45) is 0. The van der Waals surface area contributed by atoms with Crippen LogP contribution < -0.4 is 16.9 Å². The molecule has 0 saturated heterocycles. The van der Waals surface area contributed by atoms with Crippen LogP contribution in [-0.2, 0) is 5.75 Å². The van der Waals surface area contributed by atoms with Gasteiger partial charge in [-0.15, -0.1) is 21.5 Å². The van der Waals surface area contributed by atoms with Gasteiger partial charge >= 0.3 is 0 Å². The number of nitrogens with two attached hydrogens (primary N) is 1. The van der Waals surface area contributed by atoms with Gasteiger partial charge in [0.15, 0.2) is 10.9 Å². The monoisotopic (exact) mass is 384 g/mol. The summed E-state index contributed by atoms with van der Waals surface area (Å²) >= 11 is 2.57. The molecule has 3 aromatic heterocycles. The molecule has 1 aromatic carbocycles. The summed E-state index contributed by atoms with van der Waals surface area (Å²) < 4.78 is 0.594. The van der Waals surface area contributed by atoms with E-state index in [0.29, 0.717) is 38.2 Å². The van der Waals surface area contributed by atoms with Crippen molar-refractivity contribution in [3.63, 3.8) is 0 Å². The van der Waals surface area contributed by atoms with Crippen LogP contribution in [0.15, 0.2) is 50.5 Å². The zero-order valence-electron chi connectivity index (χ0n) is 13.2. The number of nitrogen functional groups attached to an aromatic ring is 1. The van der Waals surface area contributed by atoms with Gasteiger partial charge in [0.05, 0.1) is 11.3 Å². The van der Waals surface area contributed by atoms with Crippen LogP contribution in [0.3, 0.4) is 0 Å². The van der Waals surface area contributed by atoms with Crippen molar-refractivity contribution in [3.8, 4) is 11.3 Å². The minimum Gasteiger partial charge on any atom is -0.398 e. The van der Waals surface area contributed by atoms with Crippen LogP contribution >= 0.6 is 23.1 Å². The van der Waals surface area contributed by atoms with Gasteiger partial charge in [-0.2, -0.15) is 0 Å². The fraction of sp³-hybridized carbons (Fsp3) is 0.0625. The van der Waals surface area contributed by atoms with Gasteiger partial charge in [0.25, 0.3) is 11.1 Å². The van der Waals surface area contributed by atoms with Gasteiger partial charge in [0.2, 0.25) is 0 Å². The summed E-state index contributed by atoms with van der Waals surface area (Å²) in [5.74, 6) is 0.850. The Kier molecular flexibility index (Phi) is 4.27. The molecule has 0 radical (unpaired) electrons. The molecule has 0 aliphatic heterocycles. The molecule has 26 heavy (non-hydrogen) atoms. The maximum Gasteiger partial charge on any atom is 0.278 e. The normalized spacial score (nSPS) is 11.1. The number of hydrogen-bond acceptors (Lipinski definition) is 8. The number of thiophene rings is 1. The first-order valence-electron chi connectivity index (χ1n) is 7.53. The third kappa shape index (κ3) is 3.11. The lowest BCUT2D eigenvalue weighted by Gasteiger charge is -2.04.